The second-order valence-corrected chi connectivity index (χ2v) is 33.8. The number of hydrogen-bond donors (Lipinski definition) is 3. The van der Waals surface area contributed by atoms with Crippen molar-refractivity contribution in [2.75, 3.05) is 39.6 Å². The minimum absolute atomic E-state index is 0.104. The van der Waals surface area contributed by atoms with Crippen molar-refractivity contribution < 1.29 is 80.2 Å². The van der Waals surface area contributed by atoms with Crippen LogP contribution in [0.5, 0.6) is 0 Å². The number of unbranched alkanes of at least 4 members (excludes halogenated alkanes) is 48. The number of hydrogen-bond acceptors (Lipinski definition) is 15. The van der Waals surface area contributed by atoms with Crippen LogP contribution in [0.2, 0.25) is 0 Å². The van der Waals surface area contributed by atoms with Crippen molar-refractivity contribution in [1.82, 2.24) is 0 Å². The van der Waals surface area contributed by atoms with Crippen molar-refractivity contribution >= 4 is 39.5 Å². The van der Waals surface area contributed by atoms with E-state index in [9.17, 15) is 43.2 Å². The number of carbonyl (C=O) groups excluding carboxylic acids is 4. The molecule has 0 aromatic heterocycles. The Morgan fingerprint density at radius 3 is 0.673 bits per heavy atom. The lowest BCUT2D eigenvalue weighted by molar-refractivity contribution is -0.161. The van der Waals surface area contributed by atoms with E-state index in [1.807, 2.05) is 0 Å². The topological polar surface area (TPSA) is 237 Å². The van der Waals surface area contributed by atoms with Crippen molar-refractivity contribution in [1.29, 1.82) is 0 Å². The summed E-state index contributed by atoms with van der Waals surface area (Å²) in [5.74, 6) is 0.0939. The maximum absolute atomic E-state index is 13.1. The minimum Gasteiger partial charge on any atom is -0.462 e. The molecule has 0 aliphatic rings. The largest absolute Gasteiger partial charge is 0.472 e. The van der Waals surface area contributed by atoms with Gasteiger partial charge in [-0.05, 0) is 43.4 Å². The number of esters is 4. The Labute approximate surface area is 619 Å². The number of phosphoric acid groups is 2. The molecule has 600 valence electrons. The first-order valence-electron chi connectivity index (χ1n) is 42.3. The van der Waals surface area contributed by atoms with Crippen molar-refractivity contribution in [3.05, 3.63) is 0 Å². The highest BCUT2D eigenvalue weighted by atomic mass is 31.2. The number of ether oxygens (including phenoxy) is 4. The number of aliphatic hydroxyl groups is 1. The van der Waals surface area contributed by atoms with Crippen molar-refractivity contribution in [2.45, 2.75) is 446 Å². The molecule has 0 heterocycles. The Balaban J connectivity index is 5.18. The highest BCUT2D eigenvalue weighted by Gasteiger charge is 2.30. The fourth-order valence-electron chi connectivity index (χ4n) is 12.7. The van der Waals surface area contributed by atoms with Crippen LogP contribution >= 0.6 is 15.6 Å². The predicted octanol–water partition coefficient (Wildman–Crippen LogP) is 24.5. The molecular weight excluding hydrogens is 1320 g/mol. The molecule has 5 atom stereocenters. The summed E-state index contributed by atoms with van der Waals surface area (Å²) >= 11 is 0. The number of carbonyl (C=O) groups is 4. The zero-order chi connectivity index (χ0) is 74.4. The Bertz CT molecular complexity index is 1960. The quantitative estimate of drug-likeness (QED) is 0.0222. The molecule has 0 spiro atoms. The molecule has 0 saturated carbocycles. The van der Waals surface area contributed by atoms with E-state index < -0.39 is 97.5 Å². The van der Waals surface area contributed by atoms with Gasteiger partial charge in [-0.2, -0.15) is 0 Å². The number of phosphoric ester groups is 2. The molecule has 0 rings (SSSR count). The molecule has 0 fully saturated rings. The van der Waals surface area contributed by atoms with Gasteiger partial charge in [0.2, 0.25) is 0 Å². The van der Waals surface area contributed by atoms with Crippen LogP contribution in [0.25, 0.3) is 0 Å². The zero-order valence-electron chi connectivity index (χ0n) is 66.4. The van der Waals surface area contributed by atoms with Crippen LogP contribution < -0.4 is 0 Å². The van der Waals surface area contributed by atoms with Gasteiger partial charge in [-0.1, -0.05) is 376 Å². The average Bonchev–Trinajstić information content (AvgIpc) is 0.969. The molecule has 0 saturated heterocycles. The number of aliphatic hydroxyl groups excluding tert-OH is 1. The molecule has 0 aliphatic heterocycles. The molecule has 2 unspecified atom stereocenters. The summed E-state index contributed by atoms with van der Waals surface area (Å²) in [7, 11) is -9.92. The first-order valence-corrected chi connectivity index (χ1v) is 45.3. The van der Waals surface area contributed by atoms with Crippen LogP contribution in [0.15, 0.2) is 0 Å². The average molecular weight is 1480 g/mol. The highest BCUT2D eigenvalue weighted by Crippen LogP contribution is 2.45. The van der Waals surface area contributed by atoms with Gasteiger partial charge in [0.05, 0.1) is 26.4 Å². The van der Waals surface area contributed by atoms with Gasteiger partial charge in [0.1, 0.15) is 19.3 Å². The fraction of sp³-hybridized carbons (Fsp3) is 0.951. The van der Waals surface area contributed by atoms with Gasteiger partial charge in [-0.15, -0.1) is 0 Å². The SMILES string of the molecule is CCCCCCCCCCCCCCCCCCCCCCCCC(=O)O[C@H](COC(=O)CCCCCCCCCCCCCCCCCCC(C)C)COP(=O)(O)OC[C@@H](O)COP(=O)(O)OC[C@@H](COC(=O)CCCCCCCCC(C)C)OC(=O)CCCCCCCCCCC(C)C. The predicted molar refractivity (Wildman–Crippen MR) is 414 cm³/mol. The second-order valence-electron chi connectivity index (χ2n) is 30.9. The first kappa shape index (κ1) is 99.1. The smallest absolute Gasteiger partial charge is 0.462 e. The van der Waals surface area contributed by atoms with E-state index in [4.69, 9.17) is 37.0 Å². The summed E-state index contributed by atoms with van der Waals surface area (Å²) in [5.41, 5.74) is 0. The third kappa shape index (κ3) is 76.1. The van der Waals surface area contributed by atoms with E-state index in [0.717, 1.165) is 108 Å². The Morgan fingerprint density at radius 2 is 0.455 bits per heavy atom. The Kier molecular flexibility index (Phi) is 70.9. The molecule has 3 N–H and O–H groups in total. The van der Waals surface area contributed by atoms with Gasteiger partial charge in [0, 0.05) is 25.7 Å². The molecule has 19 heteroatoms. The maximum Gasteiger partial charge on any atom is 0.472 e. The van der Waals surface area contributed by atoms with Gasteiger partial charge in [-0.25, -0.2) is 9.13 Å². The number of rotatable bonds is 80. The lowest BCUT2D eigenvalue weighted by atomic mass is 10.0. The molecule has 17 nitrogen and oxygen atoms in total. The third-order valence-corrected chi connectivity index (χ3v) is 21.0. The van der Waals surface area contributed by atoms with E-state index in [0.29, 0.717) is 31.6 Å². The van der Waals surface area contributed by atoms with Crippen LogP contribution in [-0.4, -0.2) is 96.7 Å². The molecule has 0 amide bonds. The second kappa shape index (κ2) is 72.3. The van der Waals surface area contributed by atoms with E-state index in [1.165, 1.54) is 231 Å². The summed E-state index contributed by atoms with van der Waals surface area (Å²) in [4.78, 5) is 72.9. The van der Waals surface area contributed by atoms with Crippen LogP contribution in [0, 0.1) is 17.8 Å². The fourth-order valence-corrected chi connectivity index (χ4v) is 14.2. The Hall–Kier alpha value is -1.94. The summed E-state index contributed by atoms with van der Waals surface area (Å²) in [5, 5.41) is 10.6. The van der Waals surface area contributed by atoms with E-state index in [-0.39, 0.29) is 25.7 Å². The lowest BCUT2D eigenvalue weighted by Gasteiger charge is -2.21. The normalized spacial score (nSPS) is 14.0. The zero-order valence-corrected chi connectivity index (χ0v) is 68.2. The summed E-state index contributed by atoms with van der Waals surface area (Å²) in [6, 6.07) is 0. The van der Waals surface area contributed by atoms with Crippen molar-refractivity contribution in [3.8, 4) is 0 Å². The first-order chi connectivity index (χ1) is 48.7. The molecule has 101 heavy (non-hydrogen) atoms. The van der Waals surface area contributed by atoms with Gasteiger partial charge in [0.15, 0.2) is 12.2 Å². The standard InChI is InChI=1S/C82H160O17P2/c1-8-9-10-11-12-13-14-15-16-17-18-19-20-21-22-27-30-33-36-42-51-58-65-81(86)98-77(69-92-79(84)63-56-49-41-35-32-29-26-24-23-25-28-31-34-39-46-53-60-73(2)3)71-96-100(88,89)94-67-76(83)68-95-101(90,91)97-72-78(70-93-80(85)64-57-50-45-44-48-55-62-75(6)7)99-82(87)66-59-52-43-38-37-40-47-54-61-74(4)5/h73-78,83H,8-72H2,1-7H3,(H,88,89)(H,90,91)/t76-,77-,78-/m1/s1. The van der Waals surface area contributed by atoms with Crippen LogP contribution in [0.1, 0.15) is 427 Å². The van der Waals surface area contributed by atoms with Gasteiger partial charge >= 0.3 is 39.5 Å². The van der Waals surface area contributed by atoms with Crippen LogP contribution in [0.3, 0.4) is 0 Å². The molecule has 0 aromatic carbocycles. The summed E-state index contributed by atoms with van der Waals surface area (Å²) < 4.78 is 68.6. The van der Waals surface area contributed by atoms with Crippen molar-refractivity contribution in [2.24, 2.45) is 17.8 Å². The van der Waals surface area contributed by atoms with E-state index >= 15 is 0 Å². The monoisotopic (exact) mass is 1480 g/mol. The van der Waals surface area contributed by atoms with Gasteiger partial charge in [0.25, 0.3) is 0 Å². The molecule has 0 aromatic rings. The molecule has 0 radical (unpaired) electrons. The summed E-state index contributed by atoms with van der Waals surface area (Å²) in [6.07, 6.45) is 61.6. The third-order valence-electron chi connectivity index (χ3n) is 19.1. The van der Waals surface area contributed by atoms with Crippen molar-refractivity contribution in [3.63, 3.8) is 0 Å². The lowest BCUT2D eigenvalue weighted by Crippen LogP contribution is -2.30. The van der Waals surface area contributed by atoms with E-state index in [1.54, 1.807) is 0 Å². The van der Waals surface area contributed by atoms with Gasteiger partial charge in [-0.3, -0.25) is 37.3 Å². The van der Waals surface area contributed by atoms with Crippen LogP contribution in [-0.2, 0) is 65.4 Å². The molecular formula is C82H160O17P2. The summed E-state index contributed by atoms with van der Waals surface area (Å²) in [6.45, 7) is 11.8. The van der Waals surface area contributed by atoms with Crippen LogP contribution in [0.4, 0.5) is 0 Å². The van der Waals surface area contributed by atoms with Gasteiger partial charge < -0.3 is 33.8 Å². The Morgan fingerprint density at radius 1 is 0.267 bits per heavy atom. The molecule has 0 aliphatic carbocycles. The highest BCUT2D eigenvalue weighted by molar-refractivity contribution is 7.47. The minimum atomic E-state index is -4.96. The van der Waals surface area contributed by atoms with E-state index in [2.05, 4.69) is 48.5 Å². The molecule has 0 bridgehead atoms. The maximum atomic E-state index is 13.1.